The lowest BCUT2D eigenvalue weighted by molar-refractivity contribution is -0.116. The molecule has 0 saturated heterocycles. The average molecular weight is 403 g/mol. The fraction of sp³-hybridized carbons (Fsp3) is 0.880. The van der Waals surface area contributed by atoms with Crippen LogP contribution in [0.4, 0.5) is 0 Å². The Kier molecular flexibility index (Phi) is 5.06. The maximum Gasteiger partial charge on any atom is 0.192 e. The first kappa shape index (κ1) is 20.8. The molecular weight excluding hydrogens is 360 g/mol. The van der Waals surface area contributed by atoms with Gasteiger partial charge in [0, 0.05) is 6.42 Å². The second kappa shape index (κ2) is 6.80. The Hall–Kier alpha value is -0.413. The number of carbonyl (C=O) groups excluding carboxylic acids is 1. The fourth-order valence-corrected chi connectivity index (χ4v) is 8.72. The van der Waals surface area contributed by atoms with Crippen molar-refractivity contribution in [3.8, 4) is 0 Å². The van der Waals surface area contributed by atoms with Gasteiger partial charge in [0.15, 0.2) is 14.1 Å². The molecule has 3 fully saturated rings. The number of hydrogen-bond acceptors (Lipinski definition) is 2. The number of allylic oxidation sites excluding steroid dienone is 1. The topological polar surface area (TPSA) is 26.3 Å². The Balaban J connectivity index is 1.58. The molecule has 0 aliphatic heterocycles. The van der Waals surface area contributed by atoms with E-state index in [1.807, 2.05) is 6.08 Å². The first-order valence-corrected chi connectivity index (χ1v) is 14.8. The molecule has 3 saturated carbocycles. The molecule has 3 heteroatoms. The zero-order chi connectivity index (χ0) is 20.5. The molecule has 0 radical (unpaired) electrons. The molecule has 0 heterocycles. The molecule has 2 unspecified atom stereocenters. The highest BCUT2D eigenvalue weighted by molar-refractivity contribution is 6.74. The molecule has 0 aromatic heterocycles. The van der Waals surface area contributed by atoms with Gasteiger partial charge in [-0.25, -0.2) is 0 Å². The summed E-state index contributed by atoms with van der Waals surface area (Å²) in [6, 6.07) is 0. The van der Waals surface area contributed by atoms with Gasteiger partial charge in [-0.1, -0.05) is 40.2 Å². The highest BCUT2D eigenvalue weighted by Gasteiger charge is 2.59. The third-order valence-corrected chi connectivity index (χ3v) is 14.3. The van der Waals surface area contributed by atoms with Crippen LogP contribution in [0, 0.1) is 35.0 Å². The standard InChI is InChI=1S/C25H42O2Si/c1-16-14-17-15-18(26)8-9-19(17)20-12-13-25(5)21(23(16)20)10-11-22(25)27-28(6,7)24(2,3)4/h15-16,19-23H,8-14H2,1-7H3/t16?,19-,20+,21-,22?,23+,25-/m0/s1. The number of fused-ring (bicyclic) bond motifs is 5. The van der Waals surface area contributed by atoms with Crippen molar-refractivity contribution in [2.24, 2.45) is 35.0 Å². The van der Waals surface area contributed by atoms with Crippen molar-refractivity contribution in [1.82, 2.24) is 0 Å². The lowest BCUT2D eigenvalue weighted by Gasteiger charge is -2.56. The van der Waals surface area contributed by atoms with Crippen LogP contribution < -0.4 is 0 Å². The third kappa shape index (κ3) is 3.19. The van der Waals surface area contributed by atoms with Gasteiger partial charge in [0.05, 0.1) is 6.10 Å². The minimum atomic E-state index is -1.74. The van der Waals surface area contributed by atoms with E-state index in [1.165, 1.54) is 31.3 Å². The third-order valence-electron chi connectivity index (χ3n) is 9.80. The van der Waals surface area contributed by atoms with Crippen LogP contribution >= 0.6 is 0 Å². The number of hydrogen-bond donors (Lipinski definition) is 0. The number of carbonyl (C=O) groups is 1. The highest BCUT2D eigenvalue weighted by atomic mass is 28.4. The first-order valence-electron chi connectivity index (χ1n) is 11.8. The van der Waals surface area contributed by atoms with Gasteiger partial charge in [-0.3, -0.25) is 4.79 Å². The Morgan fingerprint density at radius 1 is 1.14 bits per heavy atom. The van der Waals surface area contributed by atoms with Crippen LogP contribution in [0.1, 0.15) is 79.6 Å². The van der Waals surface area contributed by atoms with E-state index in [2.05, 4.69) is 47.7 Å². The summed E-state index contributed by atoms with van der Waals surface area (Å²) in [5.74, 6) is 4.25. The Labute approximate surface area is 174 Å². The Morgan fingerprint density at radius 2 is 1.86 bits per heavy atom. The van der Waals surface area contributed by atoms with E-state index >= 15 is 0 Å². The molecule has 0 aromatic rings. The monoisotopic (exact) mass is 402 g/mol. The van der Waals surface area contributed by atoms with E-state index in [0.29, 0.717) is 23.2 Å². The van der Waals surface area contributed by atoms with Crippen molar-refractivity contribution in [2.75, 3.05) is 0 Å². The summed E-state index contributed by atoms with van der Waals surface area (Å²) >= 11 is 0. The van der Waals surface area contributed by atoms with Gasteiger partial charge in [0.2, 0.25) is 0 Å². The largest absolute Gasteiger partial charge is 0.413 e. The van der Waals surface area contributed by atoms with Crippen LogP contribution in [0.25, 0.3) is 0 Å². The van der Waals surface area contributed by atoms with Crippen molar-refractivity contribution in [1.29, 1.82) is 0 Å². The first-order chi connectivity index (χ1) is 12.9. The van der Waals surface area contributed by atoms with Crippen molar-refractivity contribution >= 4 is 14.1 Å². The van der Waals surface area contributed by atoms with Gasteiger partial charge < -0.3 is 4.43 Å². The molecule has 4 rings (SSSR count). The van der Waals surface area contributed by atoms with Crippen LogP contribution in [0.3, 0.4) is 0 Å². The lowest BCUT2D eigenvalue weighted by atomic mass is 9.49. The molecule has 4 aliphatic rings. The van der Waals surface area contributed by atoms with E-state index < -0.39 is 8.32 Å². The van der Waals surface area contributed by atoms with Gasteiger partial charge in [-0.2, -0.15) is 0 Å². The van der Waals surface area contributed by atoms with E-state index in [-0.39, 0.29) is 5.04 Å². The predicted molar refractivity (Wildman–Crippen MR) is 119 cm³/mol. The van der Waals surface area contributed by atoms with Crippen LogP contribution in [0.2, 0.25) is 18.1 Å². The van der Waals surface area contributed by atoms with Crippen LogP contribution in [-0.4, -0.2) is 20.2 Å². The van der Waals surface area contributed by atoms with Crippen molar-refractivity contribution in [3.05, 3.63) is 11.6 Å². The predicted octanol–water partition coefficient (Wildman–Crippen LogP) is 6.76. The summed E-state index contributed by atoms with van der Waals surface area (Å²) in [4.78, 5) is 12.0. The smallest absolute Gasteiger partial charge is 0.192 e. The van der Waals surface area contributed by atoms with Crippen molar-refractivity contribution < 1.29 is 9.22 Å². The van der Waals surface area contributed by atoms with Crippen LogP contribution in [-0.2, 0) is 9.22 Å². The Morgan fingerprint density at radius 3 is 2.54 bits per heavy atom. The summed E-state index contributed by atoms with van der Waals surface area (Å²) in [6.45, 7) is 17.0. The van der Waals surface area contributed by atoms with Crippen molar-refractivity contribution in [2.45, 2.75) is 104 Å². The highest BCUT2D eigenvalue weighted by Crippen LogP contribution is 2.64. The second-order valence-electron chi connectivity index (χ2n) is 12.3. The maximum atomic E-state index is 12.0. The molecule has 0 spiro atoms. The van der Waals surface area contributed by atoms with Gasteiger partial charge >= 0.3 is 0 Å². The van der Waals surface area contributed by atoms with Gasteiger partial charge in [-0.05, 0) is 97.7 Å². The van der Waals surface area contributed by atoms with Gasteiger partial charge in [-0.15, -0.1) is 0 Å². The molecule has 0 bridgehead atoms. The molecule has 7 atom stereocenters. The molecule has 4 aliphatic carbocycles. The molecule has 0 amide bonds. The average Bonchev–Trinajstić information content (AvgIpc) is 2.89. The van der Waals surface area contributed by atoms with Crippen molar-refractivity contribution in [3.63, 3.8) is 0 Å². The van der Waals surface area contributed by atoms with E-state index in [9.17, 15) is 4.79 Å². The van der Waals surface area contributed by atoms with E-state index in [1.54, 1.807) is 0 Å². The summed E-state index contributed by atoms with van der Waals surface area (Å²) in [5.41, 5.74) is 1.86. The molecular formula is C25H42O2Si. The van der Waals surface area contributed by atoms with Gasteiger partial charge in [0.25, 0.3) is 0 Å². The van der Waals surface area contributed by atoms with E-state index in [0.717, 1.165) is 42.9 Å². The molecule has 2 nitrogen and oxygen atoms in total. The quantitative estimate of drug-likeness (QED) is 0.477. The fourth-order valence-electron chi connectivity index (χ4n) is 7.27. The molecule has 158 valence electrons. The molecule has 0 N–H and O–H groups in total. The van der Waals surface area contributed by atoms with Crippen LogP contribution in [0.15, 0.2) is 11.6 Å². The summed E-state index contributed by atoms with van der Waals surface area (Å²) in [5, 5.41) is 0.283. The normalized spacial score (nSPS) is 43.8. The summed E-state index contributed by atoms with van der Waals surface area (Å²) in [7, 11) is -1.74. The zero-order valence-electron chi connectivity index (χ0n) is 19.3. The maximum absolute atomic E-state index is 12.0. The minimum Gasteiger partial charge on any atom is -0.413 e. The Bertz CT molecular complexity index is 673. The molecule has 0 aromatic carbocycles. The SMILES string of the molecule is CC1CC2=CC(=O)CC[C@@H]2[C@H]2CC[C@]3(C)C(O[Si](C)(C)C(C)(C)C)CC[C@H]3[C@H]12. The second-order valence-corrected chi connectivity index (χ2v) is 17.1. The minimum absolute atomic E-state index is 0.283. The lowest BCUT2D eigenvalue weighted by Crippen LogP contribution is -2.53. The van der Waals surface area contributed by atoms with E-state index in [4.69, 9.17) is 4.43 Å². The summed E-state index contributed by atoms with van der Waals surface area (Å²) < 4.78 is 7.05. The number of rotatable bonds is 2. The summed E-state index contributed by atoms with van der Waals surface area (Å²) in [6.07, 6.45) is 10.8. The molecule has 28 heavy (non-hydrogen) atoms. The number of ketones is 1. The zero-order valence-corrected chi connectivity index (χ0v) is 20.3. The van der Waals surface area contributed by atoms with Crippen LogP contribution in [0.5, 0.6) is 0 Å². The van der Waals surface area contributed by atoms with Gasteiger partial charge in [0.1, 0.15) is 0 Å².